The van der Waals surface area contributed by atoms with Crippen LogP contribution < -0.4 is 5.73 Å². The van der Waals surface area contributed by atoms with E-state index in [2.05, 4.69) is 23.0 Å². The molecule has 0 saturated carbocycles. The molecule has 3 rings (SSSR count). The first-order chi connectivity index (χ1) is 11.1. The second-order valence-electron chi connectivity index (χ2n) is 5.31. The fraction of sp³-hybridized carbons (Fsp3) is 0.167. The molecule has 0 fully saturated rings. The van der Waals surface area contributed by atoms with E-state index < -0.39 is 5.91 Å². The van der Waals surface area contributed by atoms with E-state index in [-0.39, 0.29) is 0 Å². The number of pyridine rings is 1. The van der Waals surface area contributed by atoms with E-state index >= 15 is 0 Å². The predicted octanol–water partition coefficient (Wildman–Crippen LogP) is 3.84. The van der Waals surface area contributed by atoms with Gasteiger partial charge in [0.15, 0.2) is 0 Å². The summed E-state index contributed by atoms with van der Waals surface area (Å²) in [7, 11) is 0. The summed E-state index contributed by atoms with van der Waals surface area (Å²) in [6, 6.07) is 9.77. The summed E-state index contributed by atoms with van der Waals surface area (Å²) < 4.78 is 0. The summed E-state index contributed by atoms with van der Waals surface area (Å²) in [4.78, 5) is 21.6. The zero-order valence-electron chi connectivity index (χ0n) is 13.0. The molecule has 0 saturated heterocycles. The van der Waals surface area contributed by atoms with Crippen molar-refractivity contribution < 1.29 is 4.79 Å². The second kappa shape index (κ2) is 6.30. The maximum absolute atomic E-state index is 12.0. The first-order valence-electron chi connectivity index (χ1n) is 7.39. The van der Waals surface area contributed by atoms with Crippen molar-refractivity contribution in [3.05, 3.63) is 58.9 Å². The third kappa shape index (κ3) is 3.00. The molecule has 0 unspecified atom stereocenters. The Morgan fingerprint density at radius 2 is 2.13 bits per heavy atom. The SMILES string of the molecule is CCc1cc(-c2cccc(C)n2)cc(C(N)=O)c1-c1cncs1. The quantitative estimate of drug-likeness (QED) is 0.793. The van der Waals surface area contributed by atoms with Gasteiger partial charge in [-0.05, 0) is 43.2 Å². The highest BCUT2D eigenvalue weighted by Crippen LogP contribution is 2.34. The molecule has 23 heavy (non-hydrogen) atoms. The van der Waals surface area contributed by atoms with E-state index in [1.165, 1.54) is 11.3 Å². The number of benzene rings is 1. The summed E-state index contributed by atoms with van der Waals surface area (Å²) in [5.74, 6) is -0.433. The smallest absolute Gasteiger partial charge is 0.249 e. The van der Waals surface area contributed by atoms with Crippen LogP contribution in [0, 0.1) is 6.92 Å². The Morgan fingerprint density at radius 3 is 2.74 bits per heavy atom. The van der Waals surface area contributed by atoms with Gasteiger partial charge in [-0.3, -0.25) is 14.8 Å². The number of primary amides is 1. The molecular weight excluding hydrogens is 306 g/mol. The minimum Gasteiger partial charge on any atom is -0.366 e. The van der Waals surface area contributed by atoms with E-state index in [0.717, 1.165) is 39.4 Å². The Morgan fingerprint density at radius 1 is 1.30 bits per heavy atom. The first-order valence-corrected chi connectivity index (χ1v) is 8.27. The van der Waals surface area contributed by atoms with Gasteiger partial charge in [0.1, 0.15) is 0 Å². The number of hydrogen-bond donors (Lipinski definition) is 1. The lowest BCUT2D eigenvalue weighted by Gasteiger charge is -2.13. The molecule has 2 aromatic heterocycles. The number of nitrogens with two attached hydrogens (primary N) is 1. The van der Waals surface area contributed by atoms with Crippen LogP contribution in [-0.2, 0) is 6.42 Å². The van der Waals surface area contributed by atoms with E-state index in [0.29, 0.717) is 5.56 Å². The van der Waals surface area contributed by atoms with E-state index in [1.807, 2.05) is 31.2 Å². The standard InChI is InChI=1S/C18H17N3OS/c1-3-12-7-13(15-6-4-5-11(2)21-15)8-14(18(19)22)17(12)16-9-20-10-23-16/h4-10H,3H2,1-2H3,(H2,19,22). The number of amides is 1. The third-order valence-electron chi connectivity index (χ3n) is 3.73. The lowest BCUT2D eigenvalue weighted by molar-refractivity contribution is 0.100. The summed E-state index contributed by atoms with van der Waals surface area (Å²) >= 11 is 1.51. The number of carbonyl (C=O) groups excluding carboxylic acids is 1. The van der Waals surface area contributed by atoms with E-state index in [1.54, 1.807) is 11.7 Å². The zero-order valence-corrected chi connectivity index (χ0v) is 13.9. The van der Waals surface area contributed by atoms with Gasteiger partial charge >= 0.3 is 0 Å². The van der Waals surface area contributed by atoms with Crippen molar-refractivity contribution in [2.24, 2.45) is 5.73 Å². The fourth-order valence-electron chi connectivity index (χ4n) is 2.66. The van der Waals surface area contributed by atoms with Crippen LogP contribution >= 0.6 is 11.3 Å². The van der Waals surface area contributed by atoms with Crippen LogP contribution in [-0.4, -0.2) is 15.9 Å². The van der Waals surface area contributed by atoms with E-state index in [9.17, 15) is 4.79 Å². The molecule has 0 aliphatic rings. The molecule has 3 aromatic rings. The highest BCUT2D eigenvalue weighted by Gasteiger charge is 2.18. The normalized spacial score (nSPS) is 10.7. The molecule has 0 aliphatic carbocycles. The van der Waals surface area contributed by atoms with Crippen molar-refractivity contribution >= 4 is 17.2 Å². The summed E-state index contributed by atoms with van der Waals surface area (Å²) in [5.41, 5.74) is 12.6. The lowest BCUT2D eigenvalue weighted by atomic mass is 9.93. The van der Waals surface area contributed by atoms with Crippen molar-refractivity contribution in [3.8, 4) is 21.7 Å². The van der Waals surface area contributed by atoms with Crippen LogP contribution in [0.1, 0.15) is 28.5 Å². The third-order valence-corrected chi connectivity index (χ3v) is 4.52. The van der Waals surface area contributed by atoms with Crippen molar-refractivity contribution in [2.75, 3.05) is 0 Å². The average Bonchev–Trinajstić information content (AvgIpc) is 3.07. The molecular formula is C18H17N3OS. The molecule has 0 bridgehead atoms. The van der Waals surface area contributed by atoms with Crippen molar-refractivity contribution in [1.82, 2.24) is 9.97 Å². The van der Waals surface area contributed by atoms with Gasteiger partial charge in [0.05, 0.1) is 16.1 Å². The number of aromatic nitrogens is 2. The Labute approximate surface area is 139 Å². The summed E-state index contributed by atoms with van der Waals surface area (Å²) in [6.07, 6.45) is 2.57. The molecule has 4 nitrogen and oxygen atoms in total. The van der Waals surface area contributed by atoms with E-state index in [4.69, 9.17) is 5.73 Å². The van der Waals surface area contributed by atoms with Crippen molar-refractivity contribution in [3.63, 3.8) is 0 Å². The molecule has 0 radical (unpaired) electrons. The first kappa shape index (κ1) is 15.4. The van der Waals surface area contributed by atoms with Crippen LogP contribution in [0.2, 0.25) is 0 Å². The van der Waals surface area contributed by atoms with Gasteiger partial charge in [-0.2, -0.15) is 0 Å². The number of thiazole rings is 1. The Balaban J connectivity index is 2.26. The van der Waals surface area contributed by atoms with Crippen LogP contribution in [0.4, 0.5) is 0 Å². The molecule has 1 amide bonds. The number of hydrogen-bond acceptors (Lipinski definition) is 4. The van der Waals surface area contributed by atoms with Crippen LogP contribution in [0.3, 0.4) is 0 Å². The maximum atomic E-state index is 12.0. The molecule has 0 atom stereocenters. The summed E-state index contributed by atoms with van der Waals surface area (Å²) in [5, 5.41) is 0. The zero-order chi connectivity index (χ0) is 16.4. The van der Waals surface area contributed by atoms with Gasteiger partial charge in [0.25, 0.3) is 0 Å². The van der Waals surface area contributed by atoms with Gasteiger partial charge in [-0.1, -0.05) is 13.0 Å². The number of aryl methyl sites for hydroxylation is 2. The number of carbonyl (C=O) groups is 1. The lowest BCUT2D eigenvalue weighted by Crippen LogP contribution is -2.13. The molecule has 2 N–H and O–H groups in total. The molecule has 0 aliphatic heterocycles. The highest BCUT2D eigenvalue weighted by molar-refractivity contribution is 7.13. The predicted molar refractivity (Wildman–Crippen MR) is 93.4 cm³/mol. The molecule has 1 aromatic carbocycles. The van der Waals surface area contributed by atoms with Gasteiger partial charge in [0, 0.05) is 28.6 Å². The Hall–Kier alpha value is -2.53. The van der Waals surface area contributed by atoms with Crippen LogP contribution in [0.5, 0.6) is 0 Å². The monoisotopic (exact) mass is 323 g/mol. The maximum Gasteiger partial charge on any atom is 0.249 e. The minimum atomic E-state index is -0.433. The number of nitrogens with zero attached hydrogens (tertiary/aromatic N) is 2. The largest absolute Gasteiger partial charge is 0.366 e. The van der Waals surface area contributed by atoms with Gasteiger partial charge in [-0.25, -0.2) is 0 Å². The summed E-state index contributed by atoms with van der Waals surface area (Å²) in [6.45, 7) is 4.02. The van der Waals surface area contributed by atoms with Crippen LogP contribution in [0.25, 0.3) is 21.7 Å². The number of rotatable bonds is 4. The highest BCUT2D eigenvalue weighted by atomic mass is 32.1. The van der Waals surface area contributed by atoms with Gasteiger partial charge in [-0.15, -0.1) is 11.3 Å². The topological polar surface area (TPSA) is 68.9 Å². The van der Waals surface area contributed by atoms with Gasteiger partial charge < -0.3 is 5.73 Å². The average molecular weight is 323 g/mol. The Kier molecular flexibility index (Phi) is 4.21. The van der Waals surface area contributed by atoms with Crippen molar-refractivity contribution in [1.29, 1.82) is 0 Å². The Bertz CT molecular complexity index is 857. The van der Waals surface area contributed by atoms with Crippen LogP contribution in [0.15, 0.2) is 42.0 Å². The van der Waals surface area contributed by atoms with Gasteiger partial charge in [0.2, 0.25) is 5.91 Å². The molecule has 2 heterocycles. The molecule has 116 valence electrons. The molecule has 0 spiro atoms. The fourth-order valence-corrected chi connectivity index (χ4v) is 3.37. The minimum absolute atomic E-state index is 0.433. The van der Waals surface area contributed by atoms with Crippen molar-refractivity contribution in [2.45, 2.75) is 20.3 Å². The molecule has 5 heteroatoms. The second-order valence-corrected chi connectivity index (χ2v) is 6.19.